The van der Waals surface area contributed by atoms with E-state index >= 15 is 0 Å². The zero-order chi connectivity index (χ0) is 15.5. The Labute approximate surface area is 120 Å². The summed E-state index contributed by atoms with van der Waals surface area (Å²) in [7, 11) is 0. The fourth-order valence-electron chi connectivity index (χ4n) is 2.13. The van der Waals surface area contributed by atoms with Gasteiger partial charge < -0.3 is 5.73 Å². The molecule has 0 heterocycles. The fourth-order valence-corrected chi connectivity index (χ4v) is 2.13. The molecule has 0 amide bonds. The molecule has 0 aliphatic rings. The van der Waals surface area contributed by atoms with Crippen molar-refractivity contribution in [2.75, 3.05) is 0 Å². The molecule has 0 aliphatic carbocycles. The van der Waals surface area contributed by atoms with E-state index in [0.717, 1.165) is 23.3 Å². The van der Waals surface area contributed by atoms with Crippen molar-refractivity contribution in [3.63, 3.8) is 0 Å². The minimum absolute atomic E-state index is 0.229. The van der Waals surface area contributed by atoms with Gasteiger partial charge in [-0.15, -0.1) is 0 Å². The van der Waals surface area contributed by atoms with Crippen LogP contribution in [0.3, 0.4) is 0 Å². The van der Waals surface area contributed by atoms with Crippen LogP contribution >= 0.6 is 0 Å². The Kier molecular flexibility index (Phi) is 4.63. The van der Waals surface area contributed by atoms with Gasteiger partial charge in [-0.2, -0.15) is 13.2 Å². The maximum absolute atomic E-state index is 12.8. The summed E-state index contributed by atoms with van der Waals surface area (Å²) in [5.74, 6) is -0.310. The third-order valence-corrected chi connectivity index (χ3v) is 3.19. The highest BCUT2D eigenvalue weighted by Crippen LogP contribution is 2.29. The maximum Gasteiger partial charge on any atom is 0.416 e. The summed E-state index contributed by atoms with van der Waals surface area (Å²) < 4.78 is 50.1. The molecule has 21 heavy (non-hydrogen) atoms. The molecular formula is C16H15F4N. The quantitative estimate of drug-likeness (QED) is 0.849. The first-order valence-electron chi connectivity index (χ1n) is 6.51. The van der Waals surface area contributed by atoms with Gasteiger partial charge in [0.2, 0.25) is 0 Å². The number of halogens is 4. The van der Waals surface area contributed by atoms with Crippen LogP contribution in [-0.2, 0) is 19.0 Å². The molecule has 5 heteroatoms. The molecule has 2 N–H and O–H groups in total. The molecule has 0 aromatic heterocycles. The first-order chi connectivity index (χ1) is 9.84. The Balaban J connectivity index is 1.96. The van der Waals surface area contributed by atoms with Crippen LogP contribution in [0.15, 0.2) is 48.5 Å². The van der Waals surface area contributed by atoms with Gasteiger partial charge in [-0.1, -0.05) is 24.3 Å². The highest BCUT2D eigenvalue weighted by molar-refractivity contribution is 5.26. The first-order valence-corrected chi connectivity index (χ1v) is 6.51. The second-order valence-electron chi connectivity index (χ2n) is 4.99. The van der Waals surface area contributed by atoms with Crippen LogP contribution in [0, 0.1) is 5.82 Å². The zero-order valence-corrected chi connectivity index (χ0v) is 11.2. The van der Waals surface area contributed by atoms with Crippen molar-refractivity contribution in [3.05, 3.63) is 71.0 Å². The molecule has 0 saturated heterocycles. The van der Waals surface area contributed by atoms with Gasteiger partial charge in [-0.3, -0.25) is 0 Å². The van der Waals surface area contributed by atoms with Crippen molar-refractivity contribution >= 4 is 0 Å². The minimum atomic E-state index is -4.32. The van der Waals surface area contributed by atoms with E-state index < -0.39 is 11.7 Å². The summed E-state index contributed by atoms with van der Waals surface area (Å²) >= 11 is 0. The lowest BCUT2D eigenvalue weighted by molar-refractivity contribution is -0.137. The molecule has 1 unspecified atom stereocenters. The normalized spacial score (nSPS) is 13.2. The number of rotatable bonds is 4. The number of benzene rings is 2. The van der Waals surface area contributed by atoms with Crippen molar-refractivity contribution in [1.82, 2.24) is 0 Å². The van der Waals surface area contributed by atoms with Crippen LogP contribution in [0.4, 0.5) is 17.6 Å². The smallest absolute Gasteiger partial charge is 0.327 e. The summed E-state index contributed by atoms with van der Waals surface area (Å²) in [5, 5.41) is 0. The third kappa shape index (κ3) is 4.56. The topological polar surface area (TPSA) is 26.0 Å². The average Bonchev–Trinajstić information content (AvgIpc) is 2.41. The van der Waals surface area contributed by atoms with Crippen LogP contribution in [0.5, 0.6) is 0 Å². The third-order valence-electron chi connectivity index (χ3n) is 3.19. The van der Waals surface area contributed by atoms with Crippen LogP contribution in [0.1, 0.15) is 16.7 Å². The van der Waals surface area contributed by atoms with Gasteiger partial charge in [-0.05, 0) is 48.2 Å². The SMILES string of the molecule is NC(Cc1ccc(F)cc1)Cc1ccc(C(F)(F)F)cc1. The molecule has 0 aliphatic heterocycles. The summed E-state index contributed by atoms with van der Waals surface area (Å²) in [6.07, 6.45) is -3.31. The highest BCUT2D eigenvalue weighted by Gasteiger charge is 2.29. The summed E-state index contributed by atoms with van der Waals surface area (Å²) in [5.41, 5.74) is 6.96. The van der Waals surface area contributed by atoms with E-state index in [2.05, 4.69) is 0 Å². The van der Waals surface area contributed by atoms with E-state index in [9.17, 15) is 17.6 Å². The second-order valence-corrected chi connectivity index (χ2v) is 4.99. The predicted molar refractivity (Wildman–Crippen MR) is 73.2 cm³/mol. The molecule has 0 radical (unpaired) electrons. The van der Waals surface area contributed by atoms with E-state index in [0.29, 0.717) is 12.8 Å². The van der Waals surface area contributed by atoms with Crippen molar-refractivity contribution in [1.29, 1.82) is 0 Å². The molecule has 0 saturated carbocycles. The van der Waals surface area contributed by atoms with Crippen LogP contribution in [0.25, 0.3) is 0 Å². The minimum Gasteiger partial charge on any atom is -0.327 e. The zero-order valence-electron chi connectivity index (χ0n) is 11.2. The fraction of sp³-hybridized carbons (Fsp3) is 0.250. The molecular weight excluding hydrogens is 282 g/mol. The molecule has 0 bridgehead atoms. The van der Waals surface area contributed by atoms with E-state index in [-0.39, 0.29) is 11.9 Å². The largest absolute Gasteiger partial charge is 0.416 e. The van der Waals surface area contributed by atoms with Gasteiger partial charge in [0, 0.05) is 6.04 Å². The summed E-state index contributed by atoms with van der Waals surface area (Å²) in [6.45, 7) is 0. The molecule has 2 rings (SSSR count). The van der Waals surface area contributed by atoms with Gasteiger partial charge in [0.05, 0.1) is 5.56 Å². The van der Waals surface area contributed by atoms with E-state index in [1.807, 2.05) is 0 Å². The van der Waals surface area contributed by atoms with E-state index in [1.54, 1.807) is 12.1 Å². The van der Waals surface area contributed by atoms with Gasteiger partial charge in [0.1, 0.15) is 5.82 Å². The lowest BCUT2D eigenvalue weighted by Gasteiger charge is -2.13. The Bertz CT molecular complexity index is 573. The lowest BCUT2D eigenvalue weighted by atomic mass is 9.99. The van der Waals surface area contributed by atoms with Crippen molar-refractivity contribution in [2.24, 2.45) is 5.73 Å². The Morgan fingerprint density at radius 2 is 1.24 bits per heavy atom. The number of hydrogen-bond acceptors (Lipinski definition) is 1. The molecule has 1 nitrogen and oxygen atoms in total. The van der Waals surface area contributed by atoms with Crippen LogP contribution < -0.4 is 5.73 Å². The van der Waals surface area contributed by atoms with Crippen molar-refractivity contribution < 1.29 is 17.6 Å². The average molecular weight is 297 g/mol. The van der Waals surface area contributed by atoms with E-state index in [4.69, 9.17) is 5.73 Å². The highest BCUT2D eigenvalue weighted by atomic mass is 19.4. The number of nitrogens with two attached hydrogens (primary N) is 1. The Hall–Kier alpha value is -1.88. The molecule has 0 spiro atoms. The Morgan fingerprint density at radius 1 is 0.810 bits per heavy atom. The van der Waals surface area contributed by atoms with Gasteiger partial charge in [0.25, 0.3) is 0 Å². The molecule has 2 aromatic rings. The Morgan fingerprint density at radius 3 is 1.67 bits per heavy atom. The van der Waals surface area contributed by atoms with Crippen molar-refractivity contribution in [3.8, 4) is 0 Å². The molecule has 2 aromatic carbocycles. The van der Waals surface area contributed by atoms with Crippen molar-refractivity contribution in [2.45, 2.75) is 25.1 Å². The van der Waals surface area contributed by atoms with Gasteiger partial charge in [0.15, 0.2) is 0 Å². The van der Waals surface area contributed by atoms with Gasteiger partial charge >= 0.3 is 6.18 Å². The number of hydrogen-bond donors (Lipinski definition) is 1. The van der Waals surface area contributed by atoms with Crippen LogP contribution in [-0.4, -0.2) is 6.04 Å². The summed E-state index contributed by atoms with van der Waals surface area (Å²) in [4.78, 5) is 0. The van der Waals surface area contributed by atoms with E-state index in [1.165, 1.54) is 24.3 Å². The molecule has 112 valence electrons. The maximum atomic E-state index is 12.8. The van der Waals surface area contributed by atoms with Gasteiger partial charge in [-0.25, -0.2) is 4.39 Å². The first kappa shape index (κ1) is 15.5. The summed E-state index contributed by atoms with van der Waals surface area (Å²) in [6, 6.07) is 10.8. The lowest BCUT2D eigenvalue weighted by Crippen LogP contribution is -2.25. The van der Waals surface area contributed by atoms with Crippen LogP contribution in [0.2, 0.25) is 0 Å². The molecule has 0 fully saturated rings. The predicted octanol–water partition coefficient (Wildman–Crippen LogP) is 3.96. The monoisotopic (exact) mass is 297 g/mol. The number of alkyl halides is 3. The molecule has 1 atom stereocenters. The second kappa shape index (κ2) is 6.26. The standard InChI is InChI=1S/C16H15F4N/c17-14-7-3-12(4-8-14)10-15(21)9-11-1-5-13(6-2-11)16(18,19)20/h1-8,15H,9-10,21H2.